The second kappa shape index (κ2) is 6.82. The third-order valence-corrected chi connectivity index (χ3v) is 3.96. The summed E-state index contributed by atoms with van der Waals surface area (Å²) in [6.07, 6.45) is 2.61. The van der Waals surface area contributed by atoms with Crippen LogP contribution in [0, 0.1) is 10.1 Å². The molecule has 0 N–H and O–H groups in total. The molecule has 7 heteroatoms. The second-order valence-electron chi connectivity index (χ2n) is 5.18. The van der Waals surface area contributed by atoms with E-state index in [0.717, 1.165) is 4.47 Å². The van der Waals surface area contributed by atoms with Crippen molar-refractivity contribution in [2.24, 2.45) is 0 Å². The van der Waals surface area contributed by atoms with Crippen LogP contribution in [0.1, 0.15) is 15.9 Å². The topological polar surface area (TPSA) is 90.4 Å². The van der Waals surface area contributed by atoms with E-state index in [0.29, 0.717) is 16.5 Å². The van der Waals surface area contributed by atoms with Crippen molar-refractivity contribution in [3.05, 3.63) is 90.7 Å². The number of nitro benzene ring substituents is 1. The zero-order chi connectivity index (χ0) is 18.0. The summed E-state index contributed by atoms with van der Waals surface area (Å²) in [6, 6.07) is 12.4. The molecule has 25 heavy (non-hydrogen) atoms. The minimum Gasteiger partial charge on any atom is -0.422 e. The van der Waals surface area contributed by atoms with Gasteiger partial charge in [0.15, 0.2) is 5.78 Å². The third kappa shape index (κ3) is 3.72. The fraction of sp³-hybridized carbons (Fsp3) is 0. The number of allylic oxidation sites excluding steroid dienone is 1. The molecule has 0 fully saturated rings. The van der Waals surface area contributed by atoms with Gasteiger partial charge >= 0.3 is 5.63 Å². The Hall–Kier alpha value is -3.06. The fourth-order valence-electron chi connectivity index (χ4n) is 2.27. The Bertz CT molecular complexity index is 1080. The first-order valence-electron chi connectivity index (χ1n) is 7.14. The van der Waals surface area contributed by atoms with Gasteiger partial charge in [-0.15, -0.1) is 0 Å². The Morgan fingerprint density at radius 1 is 1.16 bits per heavy atom. The van der Waals surface area contributed by atoms with E-state index in [2.05, 4.69) is 15.9 Å². The van der Waals surface area contributed by atoms with Crippen molar-refractivity contribution in [2.75, 3.05) is 0 Å². The van der Waals surface area contributed by atoms with Crippen molar-refractivity contribution in [2.45, 2.75) is 0 Å². The number of benzene rings is 2. The Kier molecular flexibility index (Phi) is 4.58. The largest absolute Gasteiger partial charge is 0.422 e. The number of hydrogen-bond acceptors (Lipinski definition) is 5. The van der Waals surface area contributed by atoms with Crippen LogP contribution < -0.4 is 5.63 Å². The van der Waals surface area contributed by atoms with E-state index >= 15 is 0 Å². The van der Waals surface area contributed by atoms with Gasteiger partial charge in [-0.3, -0.25) is 14.9 Å². The Balaban J connectivity index is 1.94. The van der Waals surface area contributed by atoms with Crippen LogP contribution in [-0.2, 0) is 0 Å². The molecule has 3 aromatic rings. The number of nitro groups is 1. The summed E-state index contributed by atoms with van der Waals surface area (Å²) < 4.78 is 5.94. The van der Waals surface area contributed by atoms with Crippen molar-refractivity contribution in [1.29, 1.82) is 0 Å². The first-order chi connectivity index (χ1) is 11.9. The standard InChI is InChI=1S/C18H10BrNO5/c19-13-5-7-17-12(9-13)10-15(18(22)25-17)16(21)6-4-11-2-1-3-14(8-11)20(23)24/h1-10H/b6-4+. The van der Waals surface area contributed by atoms with Crippen molar-refractivity contribution in [3.8, 4) is 0 Å². The van der Waals surface area contributed by atoms with Crippen LogP contribution in [0.15, 0.2) is 68.3 Å². The number of non-ortho nitro benzene ring substituents is 1. The summed E-state index contributed by atoms with van der Waals surface area (Å²) in [5.41, 5.74) is -0.0525. The molecule has 0 aliphatic heterocycles. The van der Waals surface area contributed by atoms with Gasteiger partial charge in [0.1, 0.15) is 11.1 Å². The number of halogens is 1. The van der Waals surface area contributed by atoms with Crippen molar-refractivity contribution >= 4 is 44.4 Å². The molecule has 2 aromatic carbocycles. The van der Waals surface area contributed by atoms with Crippen molar-refractivity contribution in [3.63, 3.8) is 0 Å². The maximum atomic E-state index is 12.3. The number of carbonyl (C=O) groups is 1. The summed E-state index contributed by atoms with van der Waals surface area (Å²) in [4.78, 5) is 34.5. The van der Waals surface area contributed by atoms with Gasteiger partial charge in [0.05, 0.1) is 4.92 Å². The molecule has 0 unspecified atom stereocenters. The van der Waals surface area contributed by atoms with Crippen LogP contribution in [0.25, 0.3) is 17.0 Å². The molecule has 3 rings (SSSR count). The Morgan fingerprint density at radius 2 is 1.96 bits per heavy atom. The lowest BCUT2D eigenvalue weighted by Gasteiger charge is -2.00. The lowest BCUT2D eigenvalue weighted by atomic mass is 10.1. The van der Waals surface area contributed by atoms with Gasteiger partial charge < -0.3 is 4.42 Å². The van der Waals surface area contributed by atoms with Crippen molar-refractivity contribution < 1.29 is 14.1 Å². The quantitative estimate of drug-likeness (QED) is 0.213. The number of ketones is 1. The maximum Gasteiger partial charge on any atom is 0.347 e. The van der Waals surface area contributed by atoms with Gasteiger partial charge in [-0.25, -0.2) is 4.79 Å². The number of hydrogen-bond donors (Lipinski definition) is 0. The monoisotopic (exact) mass is 399 g/mol. The molecule has 0 aliphatic carbocycles. The zero-order valence-corrected chi connectivity index (χ0v) is 14.2. The number of rotatable bonds is 4. The van der Waals surface area contributed by atoms with Gasteiger partial charge in [-0.05, 0) is 35.9 Å². The highest BCUT2D eigenvalue weighted by Crippen LogP contribution is 2.20. The molecule has 1 aromatic heterocycles. The molecule has 0 bridgehead atoms. The predicted molar refractivity (Wildman–Crippen MR) is 96.6 cm³/mol. The molecule has 6 nitrogen and oxygen atoms in total. The minimum atomic E-state index is -0.733. The van der Waals surface area contributed by atoms with Gasteiger partial charge in [0.2, 0.25) is 0 Å². The SMILES string of the molecule is O=C(/C=C/c1cccc([N+](=O)[O-])c1)c1cc2cc(Br)ccc2oc1=O. The minimum absolute atomic E-state index is 0.0790. The first kappa shape index (κ1) is 16.8. The predicted octanol–water partition coefficient (Wildman–Crippen LogP) is 4.36. The summed E-state index contributed by atoms with van der Waals surface area (Å²) in [7, 11) is 0. The van der Waals surface area contributed by atoms with Crippen LogP contribution in [-0.4, -0.2) is 10.7 Å². The molecular formula is C18H10BrNO5. The van der Waals surface area contributed by atoms with E-state index in [4.69, 9.17) is 4.42 Å². The highest BCUT2D eigenvalue weighted by Gasteiger charge is 2.12. The van der Waals surface area contributed by atoms with E-state index in [1.54, 1.807) is 24.3 Å². The smallest absolute Gasteiger partial charge is 0.347 e. The molecule has 0 saturated heterocycles. The lowest BCUT2D eigenvalue weighted by molar-refractivity contribution is -0.384. The molecule has 0 saturated carbocycles. The van der Waals surface area contributed by atoms with E-state index in [1.165, 1.54) is 36.4 Å². The average Bonchev–Trinajstić information content (AvgIpc) is 2.59. The molecule has 0 amide bonds. The number of carbonyl (C=O) groups excluding carboxylic acids is 1. The summed E-state index contributed by atoms with van der Waals surface area (Å²) >= 11 is 3.32. The average molecular weight is 400 g/mol. The van der Waals surface area contributed by atoms with E-state index < -0.39 is 16.3 Å². The van der Waals surface area contributed by atoms with Crippen LogP contribution >= 0.6 is 15.9 Å². The zero-order valence-electron chi connectivity index (χ0n) is 12.6. The van der Waals surface area contributed by atoms with Crippen LogP contribution in [0.5, 0.6) is 0 Å². The van der Waals surface area contributed by atoms with Gasteiger partial charge in [0.25, 0.3) is 5.69 Å². The fourth-order valence-corrected chi connectivity index (χ4v) is 2.65. The Labute approximate surface area is 149 Å². The molecule has 0 spiro atoms. The molecular weight excluding hydrogens is 390 g/mol. The molecule has 0 radical (unpaired) electrons. The summed E-state index contributed by atoms with van der Waals surface area (Å²) in [6.45, 7) is 0. The first-order valence-corrected chi connectivity index (χ1v) is 7.93. The summed E-state index contributed by atoms with van der Waals surface area (Å²) in [5.74, 6) is -0.540. The van der Waals surface area contributed by atoms with Crippen LogP contribution in [0.2, 0.25) is 0 Å². The van der Waals surface area contributed by atoms with E-state index in [-0.39, 0.29) is 11.3 Å². The van der Waals surface area contributed by atoms with Gasteiger partial charge in [0, 0.05) is 22.0 Å². The normalized spacial score (nSPS) is 11.1. The highest BCUT2D eigenvalue weighted by atomic mass is 79.9. The lowest BCUT2D eigenvalue weighted by Crippen LogP contribution is -2.11. The van der Waals surface area contributed by atoms with Crippen molar-refractivity contribution in [1.82, 2.24) is 0 Å². The third-order valence-electron chi connectivity index (χ3n) is 3.47. The number of fused-ring (bicyclic) bond motifs is 1. The highest BCUT2D eigenvalue weighted by molar-refractivity contribution is 9.10. The second-order valence-corrected chi connectivity index (χ2v) is 6.10. The van der Waals surface area contributed by atoms with Crippen LogP contribution in [0.3, 0.4) is 0 Å². The number of nitrogens with zero attached hydrogens (tertiary/aromatic N) is 1. The van der Waals surface area contributed by atoms with Gasteiger partial charge in [-0.1, -0.05) is 34.1 Å². The summed E-state index contributed by atoms with van der Waals surface area (Å²) in [5, 5.41) is 11.4. The van der Waals surface area contributed by atoms with Crippen LogP contribution in [0.4, 0.5) is 5.69 Å². The Morgan fingerprint density at radius 3 is 2.72 bits per heavy atom. The molecule has 1 heterocycles. The molecule has 124 valence electrons. The molecule has 0 aliphatic rings. The van der Waals surface area contributed by atoms with Gasteiger partial charge in [-0.2, -0.15) is 0 Å². The molecule has 0 atom stereocenters. The van der Waals surface area contributed by atoms with E-state index in [9.17, 15) is 19.7 Å². The maximum absolute atomic E-state index is 12.3. The van der Waals surface area contributed by atoms with E-state index in [1.807, 2.05) is 0 Å².